The van der Waals surface area contributed by atoms with Gasteiger partial charge in [0.1, 0.15) is 0 Å². The summed E-state index contributed by atoms with van der Waals surface area (Å²) in [5, 5.41) is 0.836. The van der Waals surface area contributed by atoms with Gasteiger partial charge in [-0.1, -0.05) is 0 Å². The summed E-state index contributed by atoms with van der Waals surface area (Å²) >= 11 is 3.53. The third-order valence-electron chi connectivity index (χ3n) is 2.56. The summed E-state index contributed by atoms with van der Waals surface area (Å²) in [4.78, 5) is 12.3. The van der Waals surface area contributed by atoms with Crippen molar-refractivity contribution in [3.05, 3.63) is 63.4 Å². The molecule has 3 aromatic rings. The van der Waals surface area contributed by atoms with E-state index in [4.69, 9.17) is 0 Å². The number of para-hydroxylation sites is 1. The van der Waals surface area contributed by atoms with Gasteiger partial charge in [0.15, 0.2) is 0 Å². The number of hydrogen-bond donors (Lipinski definition) is 0. The molecule has 0 amide bonds. The van der Waals surface area contributed by atoms with Gasteiger partial charge in [0, 0.05) is 0 Å². The first kappa shape index (κ1) is 11.0. The Bertz CT molecular complexity index is 744. The topological polar surface area (TPSA) is 22.0 Å². The van der Waals surface area contributed by atoms with E-state index in [2.05, 4.69) is 15.9 Å². The second kappa shape index (κ2) is 4.30. The molecular weight excluding hydrogens is 345 g/mol. The summed E-state index contributed by atoms with van der Waals surface area (Å²) in [5.41, 5.74) is 1.06. The van der Waals surface area contributed by atoms with Crippen LogP contribution in [0.4, 0.5) is 0 Å². The summed E-state index contributed by atoms with van der Waals surface area (Å²) in [6, 6.07) is 15.7. The SMILES string of the molecule is O=c1c2ccccc2[se]n1-c1ccccc1Br. The van der Waals surface area contributed by atoms with Crippen LogP contribution in [0.25, 0.3) is 15.3 Å². The molecule has 0 fully saturated rings. The van der Waals surface area contributed by atoms with Gasteiger partial charge in [-0.15, -0.1) is 0 Å². The molecule has 2 aromatic carbocycles. The van der Waals surface area contributed by atoms with E-state index >= 15 is 0 Å². The minimum atomic E-state index is 0.0392. The predicted molar refractivity (Wildman–Crippen MR) is 74.2 cm³/mol. The number of halogens is 1. The van der Waals surface area contributed by atoms with Crippen molar-refractivity contribution in [2.24, 2.45) is 0 Å². The Hall–Kier alpha value is -1.09. The van der Waals surface area contributed by atoms with Gasteiger partial charge in [-0.3, -0.25) is 0 Å². The monoisotopic (exact) mass is 353 g/mol. The number of fused-ring (bicyclic) bond motifs is 1. The Morgan fingerprint density at radius 1 is 1.00 bits per heavy atom. The number of aromatic nitrogens is 1. The van der Waals surface area contributed by atoms with Crippen molar-refractivity contribution in [2.75, 3.05) is 0 Å². The van der Waals surface area contributed by atoms with Gasteiger partial charge in [0.2, 0.25) is 0 Å². The molecule has 17 heavy (non-hydrogen) atoms. The molecule has 0 unspecified atom stereocenters. The van der Waals surface area contributed by atoms with Crippen LogP contribution >= 0.6 is 15.9 Å². The summed E-state index contributed by atoms with van der Waals surface area (Å²) < 4.78 is 3.98. The molecule has 0 bridgehead atoms. The molecule has 0 saturated heterocycles. The van der Waals surface area contributed by atoms with Crippen molar-refractivity contribution in [2.45, 2.75) is 0 Å². The third kappa shape index (κ3) is 1.82. The van der Waals surface area contributed by atoms with Gasteiger partial charge >= 0.3 is 113 Å². The van der Waals surface area contributed by atoms with Crippen molar-refractivity contribution in [3.63, 3.8) is 0 Å². The predicted octanol–water partition coefficient (Wildman–Crippen LogP) is 2.81. The minimum absolute atomic E-state index is 0.0392. The van der Waals surface area contributed by atoms with Gasteiger partial charge < -0.3 is 0 Å². The summed E-state index contributed by atoms with van der Waals surface area (Å²) in [6.07, 6.45) is 0. The zero-order chi connectivity index (χ0) is 11.8. The molecule has 0 aliphatic carbocycles. The van der Waals surface area contributed by atoms with Crippen LogP contribution in [0.1, 0.15) is 0 Å². The molecule has 0 atom stereocenters. The Morgan fingerprint density at radius 2 is 1.71 bits per heavy atom. The molecule has 0 aliphatic rings. The number of nitrogens with zero attached hydrogens (tertiary/aromatic N) is 1. The first-order chi connectivity index (χ1) is 8.27. The van der Waals surface area contributed by atoms with Crippen LogP contribution in [0.15, 0.2) is 57.8 Å². The molecule has 2 nitrogen and oxygen atoms in total. The molecule has 84 valence electrons. The molecule has 0 spiro atoms. The van der Waals surface area contributed by atoms with E-state index in [9.17, 15) is 4.79 Å². The zero-order valence-corrected chi connectivity index (χ0v) is 12.1. The Labute approximate surface area is 113 Å². The van der Waals surface area contributed by atoms with Crippen LogP contribution in [-0.4, -0.2) is 18.3 Å². The maximum absolute atomic E-state index is 12.3. The van der Waals surface area contributed by atoms with Crippen LogP contribution in [0.2, 0.25) is 0 Å². The second-order valence-electron chi connectivity index (χ2n) is 3.64. The average molecular weight is 353 g/mol. The first-order valence-electron chi connectivity index (χ1n) is 5.13. The van der Waals surface area contributed by atoms with Crippen molar-refractivity contribution in [1.82, 2.24) is 3.56 Å². The van der Waals surface area contributed by atoms with E-state index in [0.717, 1.165) is 19.8 Å². The fourth-order valence-electron chi connectivity index (χ4n) is 1.75. The fourth-order valence-corrected chi connectivity index (χ4v) is 4.63. The van der Waals surface area contributed by atoms with Gasteiger partial charge in [-0.2, -0.15) is 0 Å². The summed E-state index contributed by atoms with van der Waals surface area (Å²) in [5.74, 6) is 0. The number of benzene rings is 2. The Kier molecular flexibility index (Phi) is 2.79. The molecule has 1 heterocycles. The third-order valence-corrected chi connectivity index (χ3v) is 5.54. The standard InChI is InChI=1S/C13H8BrNOSe/c14-10-6-2-3-7-11(10)15-13(16)9-5-1-4-8-12(9)17-15/h1-8H. The first-order valence-corrected chi connectivity index (χ1v) is 7.55. The van der Waals surface area contributed by atoms with Crippen LogP contribution in [0.3, 0.4) is 0 Å². The average Bonchev–Trinajstić information content (AvgIpc) is 2.68. The van der Waals surface area contributed by atoms with Crippen LogP contribution in [0, 0.1) is 0 Å². The van der Waals surface area contributed by atoms with Gasteiger partial charge in [0.25, 0.3) is 0 Å². The maximum atomic E-state index is 12.3. The van der Waals surface area contributed by atoms with Crippen molar-refractivity contribution >= 4 is 40.3 Å². The van der Waals surface area contributed by atoms with Crippen molar-refractivity contribution in [1.29, 1.82) is 0 Å². The molecular formula is C13H8BrNOSe. The van der Waals surface area contributed by atoms with Gasteiger partial charge in [0.05, 0.1) is 0 Å². The van der Waals surface area contributed by atoms with Gasteiger partial charge in [-0.05, 0) is 0 Å². The Morgan fingerprint density at radius 3 is 2.47 bits per heavy atom. The molecule has 0 radical (unpaired) electrons. The van der Waals surface area contributed by atoms with E-state index in [1.165, 1.54) is 0 Å². The van der Waals surface area contributed by atoms with Crippen molar-refractivity contribution < 1.29 is 0 Å². The van der Waals surface area contributed by atoms with Crippen LogP contribution < -0.4 is 5.56 Å². The van der Waals surface area contributed by atoms with E-state index < -0.39 is 0 Å². The van der Waals surface area contributed by atoms with Crippen LogP contribution in [0.5, 0.6) is 0 Å². The molecule has 0 aliphatic heterocycles. The van der Waals surface area contributed by atoms with E-state index in [1.807, 2.05) is 52.1 Å². The Balaban J connectivity index is 2.36. The molecule has 4 heteroatoms. The van der Waals surface area contributed by atoms with Gasteiger partial charge in [-0.25, -0.2) is 0 Å². The van der Waals surface area contributed by atoms with E-state index in [-0.39, 0.29) is 20.3 Å². The molecule has 3 rings (SSSR count). The summed E-state index contributed by atoms with van der Waals surface area (Å²) in [7, 11) is 0. The quantitative estimate of drug-likeness (QED) is 0.617. The zero-order valence-electron chi connectivity index (χ0n) is 8.76. The molecule has 1 aromatic heterocycles. The fraction of sp³-hybridized carbons (Fsp3) is 0. The number of rotatable bonds is 1. The van der Waals surface area contributed by atoms with Crippen molar-refractivity contribution in [3.8, 4) is 5.69 Å². The number of hydrogen-bond acceptors (Lipinski definition) is 1. The molecule has 0 saturated carbocycles. The summed E-state index contributed by atoms with van der Waals surface area (Å²) in [6.45, 7) is 0. The second-order valence-corrected chi connectivity index (χ2v) is 6.56. The molecule has 0 N–H and O–H groups in total. The van der Waals surface area contributed by atoms with Crippen LogP contribution in [-0.2, 0) is 0 Å². The van der Waals surface area contributed by atoms with E-state index in [1.54, 1.807) is 0 Å². The van der Waals surface area contributed by atoms with E-state index in [0.29, 0.717) is 0 Å². The normalized spacial score (nSPS) is 10.9.